The van der Waals surface area contributed by atoms with E-state index in [-0.39, 0.29) is 18.0 Å². The van der Waals surface area contributed by atoms with E-state index >= 15 is 0 Å². The van der Waals surface area contributed by atoms with E-state index in [9.17, 15) is 9.59 Å². The Bertz CT molecular complexity index is 500. The van der Waals surface area contributed by atoms with Crippen molar-refractivity contribution in [3.63, 3.8) is 0 Å². The van der Waals surface area contributed by atoms with Gasteiger partial charge >= 0.3 is 11.9 Å². The minimum absolute atomic E-state index is 0.201. The highest BCUT2D eigenvalue weighted by atomic mass is 16.5. The van der Waals surface area contributed by atoms with E-state index in [4.69, 9.17) is 9.47 Å². The van der Waals surface area contributed by atoms with Crippen LogP contribution in [-0.2, 0) is 20.9 Å². The highest BCUT2D eigenvalue weighted by Gasteiger charge is 2.31. The Labute approximate surface area is 118 Å². The summed E-state index contributed by atoms with van der Waals surface area (Å²) in [5, 5.41) is 0. The molecule has 0 radical (unpaired) electrons. The average molecular weight is 277 g/mol. The summed E-state index contributed by atoms with van der Waals surface area (Å²) in [4.78, 5) is 24.9. The van der Waals surface area contributed by atoms with Gasteiger partial charge in [0.15, 0.2) is 0 Å². The van der Waals surface area contributed by atoms with Crippen molar-refractivity contribution in [1.82, 2.24) is 4.90 Å². The van der Waals surface area contributed by atoms with Crippen molar-refractivity contribution in [3.8, 4) is 5.75 Å². The summed E-state index contributed by atoms with van der Waals surface area (Å²) in [6.45, 7) is 2.79. The summed E-state index contributed by atoms with van der Waals surface area (Å²) in [5.41, 5.74) is 0.901. The summed E-state index contributed by atoms with van der Waals surface area (Å²) in [7, 11) is 1.41. The van der Waals surface area contributed by atoms with Crippen molar-refractivity contribution in [2.45, 2.75) is 32.4 Å². The van der Waals surface area contributed by atoms with E-state index in [2.05, 4.69) is 4.90 Å². The first-order chi connectivity index (χ1) is 9.61. The van der Waals surface area contributed by atoms with Crippen LogP contribution < -0.4 is 4.74 Å². The molecular weight excluding hydrogens is 258 g/mol. The molecule has 0 aliphatic carbocycles. The molecule has 1 fully saturated rings. The molecule has 0 N–H and O–H groups in total. The Morgan fingerprint density at radius 2 is 2.10 bits per heavy atom. The molecule has 1 saturated heterocycles. The van der Waals surface area contributed by atoms with Crippen LogP contribution in [0.4, 0.5) is 0 Å². The van der Waals surface area contributed by atoms with Gasteiger partial charge in [0.25, 0.3) is 0 Å². The lowest BCUT2D eigenvalue weighted by Gasteiger charge is -2.23. The smallest absolute Gasteiger partial charge is 0.323 e. The second-order valence-electron chi connectivity index (χ2n) is 4.85. The first kappa shape index (κ1) is 14.5. The van der Waals surface area contributed by atoms with Crippen molar-refractivity contribution in [1.29, 1.82) is 0 Å². The summed E-state index contributed by atoms with van der Waals surface area (Å²) >= 11 is 0. The van der Waals surface area contributed by atoms with Crippen molar-refractivity contribution < 1.29 is 19.1 Å². The number of rotatable bonds is 4. The van der Waals surface area contributed by atoms with Crippen LogP contribution in [-0.4, -0.2) is 36.5 Å². The molecule has 5 nitrogen and oxygen atoms in total. The van der Waals surface area contributed by atoms with Crippen LogP contribution in [0.3, 0.4) is 0 Å². The third kappa shape index (κ3) is 3.36. The van der Waals surface area contributed by atoms with Crippen molar-refractivity contribution >= 4 is 11.9 Å². The van der Waals surface area contributed by atoms with Gasteiger partial charge in [0, 0.05) is 19.0 Å². The predicted octanol–water partition coefficient (Wildman–Crippen LogP) is 1.75. The van der Waals surface area contributed by atoms with E-state index in [1.54, 1.807) is 6.07 Å². The molecule has 5 heteroatoms. The quantitative estimate of drug-likeness (QED) is 0.620. The number of hydrogen-bond acceptors (Lipinski definition) is 5. The highest BCUT2D eigenvalue weighted by molar-refractivity contribution is 5.76. The first-order valence-electron chi connectivity index (χ1n) is 6.70. The largest absolute Gasteiger partial charge is 0.468 e. The zero-order chi connectivity index (χ0) is 14.5. The van der Waals surface area contributed by atoms with Gasteiger partial charge in [-0.05, 0) is 25.5 Å². The molecule has 0 saturated carbocycles. The fourth-order valence-corrected chi connectivity index (χ4v) is 2.53. The Hall–Kier alpha value is -1.88. The summed E-state index contributed by atoms with van der Waals surface area (Å²) in [5.74, 6) is 0.00590. The number of para-hydroxylation sites is 1. The molecule has 108 valence electrons. The Morgan fingerprint density at radius 1 is 1.35 bits per heavy atom. The van der Waals surface area contributed by atoms with Gasteiger partial charge in [-0.15, -0.1) is 0 Å². The van der Waals surface area contributed by atoms with Crippen LogP contribution in [0.2, 0.25) is 0 Å². The number of carbonyl (C=O) groups excluding carboxylic acids is 2. The minimum atomic E-state index is -0.344. The van der Waals surface area contributed by atoms with Crippen LogP contribution >= 0.6 is 0 Å². The second kappa shape index (κ2) is 6.52. The molecule has 0 amide bonds. The molecule has 0 spiro atoms. The molecule has 1 aromatic rings. The lowest BCUT2D eigenvalue weighted by atomic mass is 10.1. The van der Waals surface area contributed by atoms with Gasteiger partial charge in [-0.2, -0.15) is 0 Å². The van der Waals surface area contributed by atoms with Gasteiger partial charge in [-0.25, -0.2) is 0 Å². The summed E-state index contributed by atoms with van der Waals surface area (Å²) < 4.78 is 10.0. The van der Waals surface area contributed by atoms with E-state index in [0.717, 1.165) is 24.9 Å². The molecule has 0 unspecified atom stereocenters. The van der Waals surface area contributed by atoms with Crippen LogP contribution in [0.25, 0.3) is 0 Å². The number of benzene rings is 1. The lowest BCUT2D eigenvalue weighted by Crippen LogP contribution is -2.36. The second-order valence-corrected chi connectivity index (χ2v) is 4.85. The summed E-state index contributed by atoms with van der Waals surface area (Å²) in [6, 6.07) is 7.19. The average Bonchev–Trinajstić information content (AvgIpc) is 2.88. The Kier molecular flexibility index (Phi) is 4.74. The zero-order valence-electron chi connectivity index (χ0n) is 11.8. The number of likely N-dealkylation sites (tertiary alicyclic amines) is 1. The minimum Gasteiger partial charge on any atom is -0.468 e. The molecule has 1 heterocycles. The van der Waals surface area contributed by atoms with E-state index in [1.807, 2.05) is 18.2 Å². The van der Waals surface area contributed by atoms with Gasteiger partial charge in [-0.3, -0.25) is 14.5 Å². The fourth-order valence-electron chi connectivity index (χ4n) is 2.53. The molecule has 2 rings (SSSR count). The van der Waals surface area contributed by atoms with Crippen LogP contribution in [0.1, 0.15) is 25.3 Å². The van der Waals surface area contributed by atoms with E-state index in [0.29, 0.717) is 12.3 Å². The lowest BCUT2D eigenvalue weighted by molar-refractivity contribution is -0.146. The molecule has 0 aromatic heterocycles. The standard InChI is InChI=1S/C15H19NO4/c1-11(17)20-14-8-4-3-6-12(14)10-16-9-5-7-13(16)15(18)19-2/h3-4,6,8,13H,5,7,9-10H2,1-2H3/t13-/m0/s1. The number of methoxy groups -OCH3 is 1. The number of ether oxygens (including phenoxy) is 2. The predicted molar refractivity (Wildman–Crippen MR) is 73.2 cm³/mol. The van der Waals surface area contributed by atoms with Crippen molar-refractivity contribution in [2.24, 2.45) is 0 Å². The van der Waals surface area contributed by atoms with E-state index < -0.39 is 0 Å². The van der Waals surface area contributed by atoms with Gasteiger partial charge in [0.05, 0.1) is 7.11 Å². The highest BCUT2D eigenvalue weighted by Crippen LogP contribution is 2.25. The van der Waals surface area contributed by atoms with Crippen LogP contribution in [0.15, 0.2) is 24.3 Å². The van der Waals surface area contributed by atoms with Crippen LogP contribution in [0, 0.1) is 0 Å². The van der Waals surface area contributed by atoms with E-state index in [1.165, 1.54) is 14.0 Å². The van der Waals surface area contributed by atoms with Gasteiger partial charge < -0.3 is 9.47 Å². The number of hydrogen-bond donors (Lipinski definition) is 0. The zero-order valence-corrected chi connectivity index (χ0v) is 11.8. The monoisotopic (exact) mass is 277 g/mol. The van der Waals surface area contributed by atoms with Crippen molar-refractivity contribution in [2.75, 3.05) is 13.7 Å². The number of esters is 2. The summed E-state index contributed by atoms with van der Waals surface area (Å²) in [6.07, 6.45) is 1.78. The normalized spacial score (nSPS) is 18.8. The topological polar surface area (TPSA) is 55.8 Å². The molecule has 1 atom stereocenters. The maximum atomic E-state index is 11.7. The first-order valence-corrected chi connectivity index (χ1v) is 6.70. The number of nitrogens with zero attached hydrogens (tertiary/aromatic N) is 1. The van der Waals surface area contributed by atoms with Gasteiger partial charge in [0.2, 0.25) is 0 Å². The van der Waals surface area contributed by atoms with Crippen molar-refractivity contribution in [3.05, 3.63) is 29.8 Å². The third-order valence-corrected chi connectivity index (χ3v) is 3.44. The maximum Gasteiger partial charge on any atom is 0.323 e. The molecule has 0 bridgehead atoms. The van der Waals surface area contributed by atoms with Gasteiger partial charge in [0.1, 0.15) is 11.8 Å². The number of carbonyl (C=O) groups is 2. The SMILES string of the molecule is COC(=O)[C@@H]1CCCN1Cc1ccccc1OC(C)=O. The Balaban J connectivity index is 2.13. The Morgan fingerprint density at radius 3 is 2.80 bits per heavy atom. The van der Waals surface area contributed by atoms with Gasteiger partial charge in [-0.1, -0.05) is 18.2 Å². The molecule has 1 aromatic carbocycles. The molecule has 20 heavy (non-hydrogen) atoms. The molecule has 1 aliphatic rings. The fraction of sp³-hybridized carbons (Fsp3) is 0.467. The molecular formula is C15H19NO4. The third-order valence-electron chi connectivity index (χ3n) is 3.44. The van der Waals surface area contributed by atoms with Crippen LogP contribution in [0.5, 0.6) is 5.75 Å². The maximum absolute atomic E-state index is 11.7. The molecule has 1 aliphatic heterocycles.